The van der Waals surface area contributed by atoms with Gasteiger partial charge in [-0.25, -0.2) is 0 Å². The van der Waals surface area contributed by atoms with Gasteiger partial charge in [0.15, 0.2) is 5.78 Å². The van der Waals surface area contributed by atoms with Crippen molar-refractivity contribution in [1.82, 2.24) is 0 Å². The third-order valence-electron chi connectivity index (χ3n) is 3.76. The number of hydrogen-bond acceptors (Lipinski definition) is 3. The van der Waals surface area contributed by atoms with Crippen LogP contribution in [0.3, 0.4) is 0 Å². The molecule has 0 saturated heterocycles. The van der Waals surface area contributed by atoms with Crippen LogP contribution >= 0.6 is 23.5 Å². The summed E-state index contributed by atoms with van der Waals surface area (Å²) in [7, 11) is 0. The maximum atomic E-state index is 12.7. The Hall–Kier alpha value is -1.19. The molecule has 1 nitrogen and oxygen atoms in total. The van der Waals surface area contributed by atoms with Gasteiger partial charge in [0.05, 0.1) is 0 Å². The predicted octanol–water partition coefficient (Wildman–Crippen LogP) is 6.83. The smallest absolute Gasteiger partial charge is 0.156 e. The van der Waals surface area contributed by atoms with Crippen LogP contribution in [0.4, 0.5) is 0 Å². The van der Waals surface area contributed by atoms with Crippen LogP contribution in [0.1, 0.15) is 45.4 Å². The number of carbonyl (C=O) groups excluding carboxylic acids is 1. The Morgan fingerprint density at radius 1 is 0.792 bits per heavy atom. The normalized spacial score (nSPS) is 10.9. The number of carbonyl (C=O) groups is 1. The van der Waals surface area contributed by atoms with Crippen LogP contribution in [0.2, 0.25) is 0 Å². The largest absolute Gasteiger partial charge is 0.297 e. The van der Waals surface area contributed by atoms with Crippen LogP contribution in [0.25, 0.3) is 0 Å². The molecule has 0 fully saturated rings. The summed E-state index contributed by atoms with van der Waals surface area (Å²) in [6.07, 6.45) is 6.62. The van der Waals surface area contributed by atoms with Gasteiger partial charge < -0.3 is 0 Å². The molecular formula is C21H26OS2. The first-order chi connectivity index (χ1) is 11.8. The Kier molecular flexibility index (Phi) is 9.07. The average Bonchev–Trinajstić information content (AvgIpc) is 2.62. The lowest BCUT2D eigenvalue weighted by molar-refractivity contribution is -0.117. The van der Waals surface area contributed by atoms with Crippen LogP contribution in [0.5, 0.6) is 0 Å². The molecule has 0 heterocycles. The van der Waals surface area contributed by atoms with Gasteiger partial charge in [-0.1, -0.05) is 69.0 Å². The Bertz CT molecular complexity index is 542. The number of unbranched alkanes of at least 4 members (excludes halogenated alkanes) is 4. The van der Waals surface area contributed by atoms with E-state index in [1.807, 2.05) is 36.4 Å². The first-order valence-electron chi connectivity index (χ1n) is 8.75. The second-order valence-electron chi connectivity index (χ2n) is 5.82. The minimum absolute atomic E-state index is 0.0685. The summed E-state index contributed by atoms with van der Waals surface area (Å²) in [5.74, 6) is 0.356. The predicted molar refractivity (Wildman–Crippen MR) is 107 cm³/mol. The maximum absolute atomic E-state index is 12.7. The lowest BCUT2D eigenvalue weighted by atomic mass is 10.1. The standard InChI is InChI=1S/C21H26OS2/c1-2-3-4-5-12-17-20(22)21(23-18-13-8-6-9-14-18)24-19-15-10-7-11-16-19/h6-11,13-16,21H,2-5,12,17H2,1H3. The van der Waals surface area contributed by atoms with Crippen molar-refractivity contribution in [3.8, 4) is 0 Å². The van der Waals surface area contributed by atoms with Crippen molar-refractivity contribution < 1.29 is 4.79 Å². The number of Topliss-reactive ketones (excluding diaryl/α,β-unsaturated/α-hetero) is 1. The number of benzene rings is 2. The van der Waals surface area contributed by atoms with Crippen molar-refractivity contribution >= 4 is 29.3 Å². The molecular weight excluding hydrogens is 332 g/mol. The molecule has 0 aromatic heterocycles. The molecule has 0 aliphatic rings. The van der Waals surface area contributed by atoms with Crippen LogP contribution < -0.4 is 0 Å². The molecule has 2 aromatic rings. The van der Waals surface area contributed by atoms with E-state index in [1.54, 1.807) is 23.5 Å². The summed E-state index contributed by atoms with van der Waals surface area (Å²) in [5.41, 5.74) is 0. The molecule has 0 spiro atoms. The van der Waals surface area contributed by atoms with Gasteiger partial charge in [-0.15, -0.1) is 23.5 Å². The molecule has 128 valence electrons. The molecule has 0 aliphatic heterocycles. The molecule has 0 N–H and O–H groups in total. The van der Waals surface area contributed by atoms with Crippen molar-refractivity contribution in [1.29, 1.82) is 0 Å². The van der Waals surface area contributed by atoms with Gasteiger partial charge in [0.2, 0.25) is 0 Å². The quantitative estimate of drug-likeness (QED) is 0.249. The zero-order chi connectivity index (χ0) is 17.0. The average molecular weight is 359 g/mol. The molecule has 2 rings (SSSR count). The van der Waals surface area contributed by atoms with E-state index in [2.05, 4.69) is 31.2 Å². The van der Waals surface area contributed by atoms with Gasteiger partial charge in [-0.3, -0.25) is 4.79 Å². The van der Waals surface area contributed by atoms with E-state index in [9.17, 15) is 4.79 Å². The van der Waals surface area contributed by atoms with Gasteiger partial charge >= 0.3 is 0 Å². The minimum atomic E-state index is -0.0685. The maximum Gasteiger partial charge on any atom is 0.156 e. The van der Waals surface area contributed by atoms with Gasteiger partial charge in [-0.05, 0) is 30.7 Å². The molecule has 0 aliphatic carbocycles. The highest BCUT2D eigenvalue weighted by Crippen LogP contribution is 2.36. The fraction of sp³-hybridized carbons (Fsp3) is 0.381. The first kappa shape index (κ1) is 19.1. The number of hydrogen-bond donors (Lipinski definition) is 0. The van der Waals surface area contributed by atoms with Crippen molar-refractivity contribution in [2.45, 2.75) is 59.8 Å². The fourth-order valence-corrected chi connectivity index (χ4v) is 4.90. The highest BCUT2D eigenvalue weighted by atomic mass is 32.2. The molecule has 0 amide bonds. The van der Waals surface area contributed by atoms with Gasteiger partial charge in [0.25, 0.3) is 0 Å². The second kappa shape index (κ2) is 11.4. The lowest BCUT2D eigenvalue weighted by Crippen LogP contribution is -2.13. The molecule has 24 heavy (non-hydrogen) atoms. The fourth-order valence-electron chi connectivity index (χ4n) is 2.42. The topological polar surface area (TPSA) is 17.1 Å². The Morgan fingerprint density at radius 2 is 1.29 bits per heavy atom. The number of rotatable bonds is 11. The Morgan fingerprint density at radius 3 is 1.79 bits per heavy atom. The van der Waals surface area contributed by atoms with E-state index in [0.29, 0.717) is 12.2 Å². The Labute approximate surface area is 154 Å². The van der Waals surface area contributed by atoms with Crippen molar-refractivity contribution in [3.05, 3.63) is 60.7 Å². The van der Waals surface area contributed by atoms with E-state index in [-0.39, 0.29) is 4.58 Å². The molecule has 0 atom stereocenters. The number of ketones is 1. The van der Waals surface area contributed by atoms with Crippen molar-refractivity contribution in [2.24, 2.45) is 0 Å². The first-order valence-corrected chi connectivity index (χ1v) is 10.5. The molecule has 0 saturated carbocycles. The highest BCUT2D eigenvalue weighted by Gasteiger charge is 2.20. The lowest BCUT2D eigenvalue weighted by Gasteiger charge is -2.15. The van der Waals surface area contributed by atoms with E-state index in [1.165, 1.54) is 19.3 Å². The zero-order valence-electron chi connectivity index (χ0n) is 14.3. The van der Waals surface area contributed by atoms with Crippen molar-refractivity contribution in [2.75, 3.05) is 0 Å². The van der Waals surface area contributed by atoms with E-state index in [0.717, 1.165) is 22.6 Å². The molecule has 2 aromatic carbocycles. The van der Waals surface area contributed by atoms with Crippen molar-refractivity contribution in [3.63, 3.8) is 0 Å². The summed E-state index contributed by atoms with van der Waals surface area (Å²) in [6.45, 7) is 2.22. The SMILES string of the molecule is CCCCCCCC(=O)C(Sc1ccccc1)Sc1ccccc1. The van der Waals surface area contributed by atoms with Crippen LogP contribution in [-0.4, -0.2) is 10.4 Å². The summed E-state index contributed by atoms with van der Waals surface area (Å²) in [5, 5.41) is 0. The summed E-state index contributed by atoms with van der Waals surface area (Å²) in [6, 6.07) is 20.5. The number of thioether (sulfide) groups is 2. The van der Waals surface area contributed by atoms with Crippen LogP contribution in [-0.2, 0) is 4.79 Å². The summed E-state index contributed by atoms with van der Waals surface area (Å²) >= 11 is 3.35. The molecule has 0 bridgehead atoms. The summed E-state index contributed by atoms with van der Waals surface area (Å²) in [4.78, 5) is 15.1. The van der Waals surface area contributed by atoms with Crippen LogP contribution in [0.15, 0.2) is 70.5 Å². The molecule has 3 heteroatoms. The monoisotopic (exact) mass is 358 g/mol. The van der Waals surface area contributed by atoms with Gasteiger partial charge in [-0.2, -0.15) is 0 Å². The highest BCUT2D eigenvalue weighted by molar-refractivity contribution is 8.18. The molecule has 0 unspecified atom stereocenters. The minimum Gasteiger partial charge on any atom is -0.297 e. The van der Waals surface area contributed by atoms with E-state index >= 15 is 0 Å². The van der Waals surface area contributed by atoms with E-state index in [4.69, 9.17) is 0 Å². The zero-order valence-corrected chi connectivity index (χ0v) is 16.0. The van der Waals surface area contributed by atoms with Gasteiger partial charge in [0, 0.05) is 16.2 Å². The second-order valence-corrected chi connectivity index (χ2v) is 8.48. The Balaban J connectivity index is 1.95. The van der Waals surface area contributed by atoms with Gasteiger partial charge in [0.1, 0.15) is 4.58 Å². The molecule has 0 radical (unpaired) electrons. The summed E-state index contributed by atoms with van der Waals surface area (Å²) < 4.78 is -0.0685. The third kappa shape index (κ3) is 7.14. The van der Waals surface area contributed by atoms with E-state index < -0.39 is 0 Å². The van der Waals surface area contributed by atoms with Crippen LogP contribution in [0, 0.1) is 0 Å². The third-order valence-corrected chi connectivity index (χ3v) is 6.38.